The van der Waals surface area contributed by atoms with Gasteiger partial charge in [0.1, 0.15) is 0 Å². The summed E-state index contributed by atoms with van der Waals surface area (Å²) in [4.78, 5) is 17.6. The van der Waals surface area contributed by atoms with Gasteiger partial charge >= 0.3 is 0 Å². The van der Waals surface area contributed by atoms with Gasteiger partial charge in [-0.3, -0.25) is 4.79 Å². The van der Waals surface area contributed by atoms with Crippen molar-refractivity contribution < 1.29 is 4.79 Å². The molecule has 3 aromatic carbocycles. The molecular formula is C31H39N3O. The van der Waals surface area contributed by atoms with E-state index in [-0.39, 0.29) is 5.91 Å². The van der Waals surface area contributed by atoms with Crippen LogP contribution in [0.3, 0.4) is 0 Å². The largest absolute Gasteiger partial charge is 0.340 e. The number of aryl methyl sites for hydroxylation is 1. The molecule has 1 aliphatic rings. The van der Waals surface area contributed by atoms with Crippen molar-refractivity contribution in [2.24, 2.45) is 5.92 Å². The van der Waals surface area contributed by atoms with Crippen LogP contribution in [0, 0.1) is 5.92 Å². The van der Waals surface area contributed by atoms with Gasteiger partial charge in [0, 0.05) is 36.6 Å². The number of hydrogen-bond acceptors (Lipinski definition) is 3. The number of unbranched alkanes of at least 4 members (excludes halogenated alkanes) is 1. The zero-order valence-electron chi connectivity index (χ0n) is 21.0. The summed E-state index contributed by atoms with van der Waals surface area (Å²) in [5.41, 5.74) is 4.71. The predicted molar refractivity (Wildman–Crippen MR) is 147 cm³/mol. The number of amides is 1. The monoisotopic (exact) mass is 469 g/mol. The van der Waals surface area contributed by atoms with Crippen LogP contribution in [0.4, 0.5) is 17.1 Å². The maximum absolute atomic E-state index is 12.6. The Labute approximate surface area is 211 Å². The first-order valence-electron chi connectivity index (χ1n) is 13.2. The Morgan fingerprint density at radius 1 is 0.886 bits per heavy atom. The molecule has 0 saturated carbocycles. The summed E-state index contributed by atoms with van der Waals surface area (Å²) in [6.45, 7) is 6.30. The van der Waals surface area contributed by atoms with Crippen molar-refractivity contribution in [3.8, 4) is 0 Å². The number of benzene rings is 3. The lowest BCUT2D eigenvalue weighted by atomic mass is 9.93. The maximum Gasteiger partial charge on any atom is 0.224 e. The molecule has 3 aromatic rings. The van der Waals surface area contributed by atoms with E-state index in [1.54, 1.807) is 0 Å². The van der Waals surface area contributed by atoms with Crippen LogP contribution in [0.2, 0.25) is 0 Å². The van der Waals surface area contributed by atoms with E-state index in [9.17, 15) is 4.79 Å². The van der Waals surface area contributed by atoms with E-state index in [0.29, 0.717) is 12.3 Å². The summed E-state index contributed by atoms with van der Waals surface area (Å²) in [5.74, 6) is 0.610. The van der Waals surface area contributed by atoms with Crippen molar-refractivity contribution in [3.63, 3.8) is 0 Å². The molecule has 1 heterocycles. The minimum Gasteiger partial charge on any atom is -0.340 e. The molecular weight excluding hydrogens is 430 g/mol. The van der Waals surface area contributed by atoms with Gasteiger partial charge in [0.15, 0.2) is 0 Å². The first kappa shape index (κ1) is 25.0. The Balaban J connectivity index is 1.22. The van der Waals surface area contributed by atoms with Crippen LogP contribution in [0.5, 0.6) is 0 Å². The molecule has 1 saturated heterocycles. The second kappa shape index (κ2) is 13.1. The molecule has 184 valence electrons. The van der Waals surface area contributed by atoms with Crippen molar-refractivity contribution in [1.29, 1.82) is 0 Å². The number of hydrogen-bond donors (Lipinski definition) is 1. The van der Waals surface area contributed by atoms with Crippen LogP contribution >= 0.6 is 0 Å². The van der Waals surface area contributed by atoms with Crippen LogP contribution in [-0.2, 0) is 11.2 Å². The SMILES string of the molecule is CCCCc1ccc(NC(=O)CC2CCN(CCN(c3ccccc3)c3ccccc3)CC2)cc1. The van der Waals surface area contributed by atoms with E-state index in [1.807, 2.05) is 12.1 Å². The summed E-state index contributed by atoms with van der Waals surface area (Å²) < 4.78 is 0. The van der Waals surface area contributed by atoms with Gasteiger partial charge in [-0.15, -0.1) is 0 Å². The lowest BCUT2D eigenvalue weighted by Crippen LogP contribution is -2.39. The van der Waals surface area contributed by atoms with Crippen LogP contribution < -0.4 is 10.2 Å². The lowest BCUT2D eigenvalue weighted by Gasteiger charge is -2.34. The Bertz CT molecular complexity index is 973. The number of piperidine rings is 1. The fraction of sp³-hybridized carbons (Fsp3) is 0.387. The van der Waals surface area contributed by atoms with Crippen molar-refractivity contribution in [1.82, 2.24) is 4.90 Å². The van der Waals surface area contributed by atoms with Crippen LogP contribution in [0.1, 0.15) is 44.6 Å². The lowest BCUT2D eigenvalue weighted by molar-refractivity contribution is -0.117. The predicted octanol–water partition coefficient (Wildman–Crippen LogP) is 6.91. The molecule has 35 heavy (non-hydrogen) atoms. The number of rotatable bonds is 11. The van der Waals surface area contributed by atoms with E-state index in [2.05, 4.69) is 94.8 Å². The number of nitrogens with zero attached hydrogens (tertiary/aromatic N) is 2. The molecule has 4 rings (SSSR count). The minimum absolute atomic E-state index is 0.143. The Hall–Kier alpha value is -3.11. The van der Waals surface area contributed by atoms with Crippen molar-refractivity contribution in [3.05, 3.63) is 90.5 Å². The van der Waals surface area contributed by atoms with Crippen LogP contribution in [0.25, 0.3) is 0 Å². The van der Waals surface area contributed by atoms with E-state index < -0.39 is 0 Å². The fourth-order valence-corrected chi connectivity index (χ4v) is 4.89. The van der Waals surface area contributed by atoms with Crippen molar-refractivity contribution in [2.45, 2.75) is 45.4 Å². The number of nitrogens with one attached hydrogen (secondary N) is 1. The van der Waals surface area contributed by atoms with Crippen LogP contribution in [-0.4, -0.2) is 37.0 Å². The quantitative estimate of drug-likeness (QED) is 0.331. The van der Waals surface area contributed by atoms with Gasteiger partial charge in [-0.05, 0) is 86.7 Å². The number of likely N-dealkylation sites (tertiary alicyclic amines) is 1. The summed E-state index contributed by atoms with van der Waals surface area (Å²) in [6, 6.07) is 29.6. The molecule has 1 fully saturated rings. The van der Waals surface area contributed by atoms with Crippen molar-refractivity contribution in [2.75, 3.05) is 36.4 Å². The van der Waals surface area contributed by atoms with E-state index in [0.717, 1.165) is 51.1 Å². The topological polar surface area (TPSA) is 35.6 Å². The first-order valence-corrected chi connectivity index (χ1v) is 13.2. The summed E-state index contributed by atoms with van der Waals surface area (Å²) >= 11 is 0. The molecule has 1 N–H and O–H groups in total. The number of anilines is 3. The van der Waals surface area contributed by atoms with Gasteiger partial charge in [0.25, 0.3) is 0 Å². The van der Waals surface area contributed by atoms with Gasteiger partial charge in [-0.25, -0.2) is 0 Å². The molecule has 1 amide bonds. The first-order chi connectivity index (χ1) is 17.2. The average Bonchev–Trinajstić information content (AvgIpc) is 2.90. The summed E-state index contributed by atoms with van der Waals surface area (Å²) in [6.07, 6.45) is 6.31. The van der Waals surface area contributed by atoms with E-state index >= 15 is 0 Å². The highest BCUT2D eigenvalue weighted by Gasteiger charge is 2.22. The molecule has 4 nitrogen and oxygen atoms in total. The molecule has 0 bridgehead atoms. The van der Waals surface area contributed by atoms with Gasteiger partial charge < -0.3 is 15.1 Å². The molecule has 0 atom stereocenters. The van der Waals surface area contributed by atoms with Gasteiger partial charge in [0.05, 0.1) is 0 Å². The maximum atomic E-state index is 12.6. The third kappa shape index (κ3) is 7.69. The summed E-state index contributed by atoms with van der Waals surface area (Å²) in [5, 5.41) is 3.10. The van der Waals surface area contributed by atoms with Gasteiger partial charge in [0.2, 0.25) is 5.91 Å². The zero-order valence-corrected chi connectivity index (χ0v) is 21.0. The fourth-order valence-electron chi connectivity index (χ4n) is 4.89. The molecule has 0 aliphatic carbocycles. The Morgan fingerprint density at radius 2 is 1.49 bits per heavy atom. The molecule has 1 aliphatic heterocycles. The molecule has 4 heteroatoms. The van der Waals surface area contributed by atoms with E-state index in [1.165, 1.54) is 29.8 Å². The molecule has 0 aromatic heterocycles. The number of para-hydroxylation sites is 2. The molecule has 0 unspecified atom stereocenters. The highest BCUT2D eigenvalue weighted by atomic mass is 16.1. The van der Waals surface area contributed by atoms with Crippen molar-refractivity contribution >= 4 is 23.0 Å². The second-order valence-electron chi connectivity index (χ2n) is 9.66. The number of carbonyl (C=O) groups excluding carboxylic acids is 1. The standard InChI is InChI=1S/C31H39N3O/c1-2-3-10-26-15-17-28(18-16-26)32-31(35)25-27-19-21-33(22-20-27)23-24-34(29-11-6-4-7-12-29)30-13-8-5-9-14-30/h4-9,11-18,27H,2-3,10,19-25H2,1H3,(H,32,35). The van der Waals surface area contributed by atoms with Crippen LogP contribution in [0.15, 0.2) is 84.9 Å². The minimum atomic E-state index is 0.143. The highest BCUT2D eigenvalue weighted by molar-refractivity contribution is 5.90. The zero-order chi connectivity index (χ0) is 24.3. The summed E-state index contributed by atoms with van der Waals surface area (Å²) in [7, 11) is 0. The van der Waals surface area contributed by atoms with Gasteiger partial charge in [-0.1, -0.05) is 61.9 Å². The number of carbonyl (C=O) groups is 1. The Morgan fingerprint density at radius 3 is 2.06 bits per heavy atom. The second-order valence-corrected chi connectivity index (χ2v) is 9.66. The average molecular weight is 470 g/mol. The van der Waals surface area contributed by atoms with E-state index in [4.69, 9.17) is 0 Å². The highest BCUT2D eigenvalue weighted by Crippen LogP contribution is 2.26. The third-order valence-corrected chi connectivity index (χ3v) is 7.01. The third-order valence-electron chi connectivity index (χ3n) is 7.01. The van der Waals surface area contributed by atoms with Gasteiger partial charge in [-0.2, -0.15) is 0 Å². The Kier molecular flexibility index (Phi) is 9.36. The smallest absolute Gasteiger partial charge is 0.224 e. The normalized spacial score (nSPS) is 14.5. The molecule has 0 spiro atoms. The molecule has 0 radical (unpaired) electrons.